The highest BCUT2D eigenvalue weighted by atomic mass is 35.5. The summed E-state index contributed by atoms with van der Waals surface area (Å²) in [4.78, 5) is 13.9. The average molecular weight is 445 g/mol. The van der Waals surface area contributed by atoms with Gasteiger partial charge < -0.3 is 4.90 Å². The van der Waals surface area contributed by atoms with Gasteiger partial charge in [0, 0.05) is 43.3 Å². The molecule has 3 rings (SSSR count). The first-order valence-electron chi connectivity index (χ1n) is 9.82. The molecule has 0 amide bonds. The predicted octanol–water partition coefficient (Wildman–Crippen LogP) is 4.40. The van der Waals surface area contributed by atoms with E-state index in [4.69, 9.17) is 11.6 Å². The van der Waals surface area contributed by atoms with Crippen LogP contribution in [0.3, 0.4) is 0 Å². The molecule has 0 unspecified atom stereocenters. The summed E-state index contributed by atoms with van der Waals surface area (Å²) in [6.07, 6.45) is 3.55. The van der Waals surface area contributed by atoms with Gasteiger partial charge in [0.15, 0.2) is 5.78 Å². The lowest BCUT2D eigenvalue weighted by Gasteiger charge is -2.35. The molecule has 7 heteroatoms. The molecule has 0 atom stereocenters. The van der Waals surface area contributed by atoms with Crippen LogP contribution in [-0.2, 0) is 14.8 Å². The fourth-order valence-electron chi connectivity index (χ4n) is 3.27. The Morgan fingerprint density at radius 1 is 1.10 bits per heavy atom. The molecule has 1 saturated heterocycles. The van der Waals surface area contributed by atoms with Gasteiger partial charge >= 0.3 is 0 Å². The summed E-state index contributed by atoms with van der Waals surface area (Å²) in [7, 11) is -3.59. The van der Waals surface area contributed by atoms with Gasteiger partial charge in [-0.05, 0) is 41.5 Å². The van der Waals surface area contributed by atoms with Crippen LogP contribution in [0.5, 0.6) is 0 Å². The van der Waals surface area contributed by atoms with Gasteiger partial charge in [-0.3, -0.25) is 4.79 Å². The minimum Gasteiger partial charge on any atom is -0.369 e. The maximum absolute atomic E-state index is 13.1. The quantitative estimate of drug-likeness (QED) is 0.594. The van der Waals surface area contributed by atoms with E-state index in [0.29, 0.717) is 43.2 Å². The lowest BCUT2D eigenvalue weighted by atomic mass is 10.2. The first-order chi connectivity index (χ1) is 14.3. The monoisotopic (exact) mass is 444 g/mol. The SMILES string of the molecule is C=C(Cl)c1ccc(N2CCN(S(=O)(=O)c3cccc(/C=C/C(=O)CC)c3)CC2)cc1. The second-order valence-corrected chi connectivity index (χ2v) is 9.46. The topological polar surface area (TPSA) is 57.7 Å². The number of sulfonamides is 1. The van der Waals surface area contributed by atoms with Crippen LogP contribution in [0.25, 0.3) is 11.1 Å². The van der Waals surface area contributed by atoms with E-state index in [2.05, 4.69) is 11.5 Å². The van der Waals surface area contributed by atoms with Crippen LogP contribution >= 0.6 is 11.6 Å². The summed E-state index contributed by atoms with van der Waals surface area (Å²) in [6, 6.07) is 14.5. The molecule has 1 fully saturated rings. The number of nitrogens with zero attached hydrogens (tertiary/aromatic N) is 2. The van der Waals surface area contributed by atoms with Crippen LogP contribution in [0.4, 0.5) is 5.69 Å². The third-order valence-electron chi connectivity index (χ3n) is 5.09. The Morgan fingerprint density at radius 3 is 2.37 bits per heavy atom. The highest BCUT2D eigenvalue weighted by Crippen LogP contribution is 2.24. The van der Waals surface area contributed by atoms with E-state index in [9.17, 15) is 13.2 Å². The van der Waals surface area contributed by atoms with E-state index in [1.165, 1.54) is 10.4 Å². The summed E-state index contributed by atoms with van der Waals surface area (Å²) in [6.45, 7) is 7.52. The number of anilines is 1. The van der Waals surface area contributed by atoms with Crippen LogP contribution in [0.15, 0.2) is 66.1 Å². The zero-order valence-corrected chi connectivity index (χ0v) is 18.5. The summed E-state index contributed by atoms with van der Waals surface area (Å²) >= 11 is 5.92. The number of rotatable bonds is 7. The molecule has 0 N–H and O–H groups in total. The van der Waals surface area contributed by atoms with Gasteiger partial charge in [0.1, 0.15) is 0 Å². The Hall–Kier alpha value is -2.41. The molecule has 2 aromatic carbocycles. The van der Waals surface area contributed by atoms with Crippen LogP contribution in [0.1, 0.15) is 24.5 Å². The average Bonchev–Trinajstić information content (AvgIpc) is 2.77. The van der Waals surface area contributed by atoms with E-state index in [-0.39, 0.29) is 10.7 Å². The van der Waals surface area contributed by atoms with Crippen LogP contribution < -0.4 is 4.90 Å². The summed E-state index contributed by atoms with van der Waals surface area (Å²) in [5.41, 5.74) is 2.59. The van der Waals surface area contributed by atoms with E-state index in [1.54, 1.807) is 37.3 Å². The molecule has 0 aromatic heterocycles. The molecule has 0 bridgehead atoms. The van der Waals surface area contributed by atoms with Crippen molar-refractivity contribution < 1.29 is 13.2 Å². The van der Waals surface area contributed by atoms with E-state index in [0.717, 1.165) is 11.3 Å². The molecule has 5 nitrogen and oxygen atoms in total. The number of carbonyl (C=O) groups excluding carboxylic acids is 1. The number of benzene rings is 2. The van der Waals surface area contributed by atoms with Crippen LogP contribution in [-0.4, -0.2) is 44.7 Å². The Balaban J connectivity index is 1.69. The number of hydrogen-bond acceptors (Lipinski definition) is 4. The third kappa shape index (κ3) is 5.19. The number of halogens is 1. The largest absolute Gasteiger partial charge is 0.369 e. The Morgan fingerprint density at radius 2 is 1.77 bits per heavy atom. The van der Waals surface area contributed by atoms with Crippen molar-refractivity contribution in [2.75, 3.05) is 31.1 Å². The summed E-state index contributed by atoms with van der Waals surface area (Å²) in [5.74, 6) is 0.00257. The molecular weight excluding hydrogens is 420 g/mol. The number of carbonyl (C=O) groups is 1. The van der Waals surface area contributed by atoms with E-state index in [1.807, 2.05) is 24.3 Å². The maximum atomic E-state index is 13.1. The standard InChI is InChI=1S/C23H25ClN2O3S/c1-3-22(27)12-7-19-5-4-6-23(17-19)30(28,29)26-15-13-25(14-16-26)21-10-8-20(9-11-21)18(2)24/h4-12,17H,2-3,13-16H2,1H3/b12-7+. The van der Waals surface area contributed by atoms with Gasteiger partial charge in [0.25, 0.3) is 0 Å². The van der Waals surface area contributed by atoms with Crippen molar-refractivity contribution >= 4 is 44.2 Å². The molecular formula is C23H25ClN2O3S. The molecule has 1 aliphatic heterocycles. The minimum atomic E-state index is -3.59. The fourth-order valence-corrected chi connectivity index (χ4v) is 4.88. The second kappa shape index (κ2) is 9.60. The highest BCUT2D eigenvalue weighted by molar-refractivity contribution is 7.89. The minimum absolute atomic E-state index is 0.00257. The number of piperazine rings is 1. The summed E-state index contributed by atoms with van der Waals surface area (Å²) < 4.78 is 27.7. The van der Waals surface area contributed by atoms with Crippen molar-refractivity contribution in [3.63, 3.8) is 0 Å². The number of hydrogen-bond donors (Lipinski definition) is 0. The number of ketones is 1. The van der Waals surface area contributed by atoms with Crippen molar-refractivity contribution in [3.8, 4) is 0 Å². The molecule has 30 heavy (non-hydrogen) atoms. The van der Waals surface area contributed by atoms with Gasteiger partial charge in [-0.1, -0.05) is 55.4 Å². The number of allylic oxidation sites excluding steroid dienone is 1. The first-order valence-corrected chi connectivity index (χ1v) is 11.6. The molecule has 1 aliphatic rings. The molecule has 0 radical (unpaired) electrons. The van der Waals surface area contributed by atoms with Gasteiger partial charge in [-0.2, -0.15) is 4.31 Å². The van der Waals surface area contributed by atoms with Gasteiger partial charge in [-0.25, -0.2) is 8.42 Å². The highest BCUT2D eigenvalue weighted by Gasteiger charge is 2.28. The molecule has 2 aromatic rings. The van der Waals surface area contributed by atoms with Crippen molar-refractivity contribution in [1.29, 1.82) is 0 Å². The van der Waals surface area contributed by atoms with Crippen molar-refractivity contribution in [2.24, 2.45) is 0 Å². The smallest absolute Gasteiger partial charge is 0.243 e. The Labute approximate surface area is 183 Å². The Bertz CT molecular complexity index is 1050. The van der Waals surface area contributed by atoms with Crippen molar-refractivity contribution in [1.82, 2.24) is 4.31 Å². The third-order valence-corrected chi connectivity index (χ3v) is 7.20. The Kier molecular flexibility index (Phi) is 7.13. The van der Waals surface area contributed by atoms with Crippen molar-refractivity contribution in [2.45, 2.75) is 18.2 Å². The molecule has 0 spiro atoms. The van der Waals surface area contributed by atoms with Crippen molar-refractivity contribution in [3.05, 3.63) is 72.3 Å². The molecule has 0 saturated carbocycles. The lowest BCUT2D eigenvalue weighted by molar-refractivity contribution is -0.114. The molecule has 158 valence electrons. The zero-order chi connectivity index (χ0) is 21.7. The van der Waals surface area contributed by atoms with E-state index >= 15 is 0 Å². The normalized spacial score (nSPS) is 15.5. The maximum Gasteiger partial charge on any atom is 0.243 e. The van der Waals surface area contributed by atoms with Gasteiger partial charge in [0.2, 0.25) is 10.0 Å². The first kappa shape index (κ1) is 22.3. The zero-order valence-electron chi connectivity index (χ0n) is 16.9. The summed E-state index contributed by atoms with van der Waals surface area (Å²) in [5, 5.41) is 0.494. The van der Waals surface area contributed by atoms with E-state index < -0.39 is 10.0 Å². The fraction of sp³-hybridized carbons (Fsp3) is 0.261. The van der Waals surface area contributed by atoms with Gasteiger partial charge in [0.05, 0.1) is 4.90 Å². The predicted molar refractivity (Wildman–Crippen MR) is 123 cm³/mol. The van der Waals surface area contributed by atoms with Crippen LogP contribution in [0.2, 0.25) is 0 Å². The van der Waals surface area contributed by atoms with Crippen LogP contribution in [0, 0.1) is 0 Å². The van der Waals surface area contributed by atoms with Gasteiger partial charge in [-0.15, -0.1) is 0 Å². The molecule has 1 heterocycles. The second-order valence-electron chi connectivity index (χ2n) is 7.07. The lowest BCUT2D eigenvalue weighted by Crippen LogP contribution is -2.48. The molecule has 0 aliphatic carbocycles.